The summed E-state index contributed by atoms with van der Waals surface area (Å²) in [7, 11) is -2.57. The molecule has 0 atom stereocenters. The minimum atomic E-state index is -3.81. The second-order valence-electron chi connectivity index (χ2n) is 6.39. The van der Waals surface area contributed by atoms with Crippen LogP contribution in [-0.2, 0) is 21.2 Å². The van der Waals surface area contributed by atoms with Gasteiger partial charge in [-0.25, -0.2) is 27.3 Å². The zero-order valence-electron chi connectivity index (χ0n) is 16.1. The number of carbonyl (C=O) groups excluding carboxylic acids is 1. The Kier molecular flexibility index (Phi) is 6.87. The molecule has 2 aromatic carbocycles. The van der Waals surface area contributed by atoms with E-state index in [1.54, 1.807) is 19.1 Å². The van der Waals surface area contributed by atoms with E-state index in [9.17, 15) is 17.6 Å². The Balaban J connectivity index is 1.67. The summed E-state index contributed by atoms with van der Waals surface area (Å²) in [5.74, 6) is -1.10. The van der Waals surface area contributed by atoms with Crippen molar-refractivity contribution in [2.45, 2.75) is 18.2 Å². The van der Waals surface area contributed by atoms with Crippen LogP contribution in [0.1, 0.15) is 21.6 Å². The van der Waals surface area contributed by atoms with Crippen LogP contribution in [-0.4, -0.2) is 33.0 Å². The topological polar surface area (TPSA) is 85.4 Å². The standard InChI is InChI=1S/C20H18ClFN2O4S2/c1-12-3-5-15(10-16(12)20(25)28-2)30(26,27)23-8-7-14-11-29-19(24-14)13-4-6-18(22)17(21)9-13/h3-6,9-11,23H,7-8H2,1-2H3. The Morgan fingerprint density at radius 2 is 2.03 bits per heavy atom. The van der Waals surface area contributed by atoms with E-state index in [1.807, 2.05) is 5.38 Å². The van der Waals surface area contributed by atoms with Gasteiger partial charge in [-0.2, -0.15) is 0 Å². The molecule has 0 aliphatic rings. The highest BCUT2D eigenvalue weighted by Gasteiger charge is 2.18. The molecule has 6 nitrogen and oxygen atoms in total. The average molecular weight is 469 g/mol. The van der Waals surface area contributed by atoms with Crippen molar-refractivity contribution in [1.29, 1.82) is 0 Å². The Bertz CT molecular complexity index is 1200. The molecular formula is C20H18ClFN2O4S2. The number of benzene rings is 2. The lowest BCUT2D eigenvalue weighted by molar-refractivity contribution is 0.0599. The zero-order chi connectivity index (χ0) is 21.9. The first-order valence-corrected chi connectivity index (χ1v) is 11.5. The number of aromatic nitrogens is 1. The Labute approximate surface area is 182 Å². The lowest BCUT2D eigenvalue weighted by atomic mass is 10.1. The monoisotopic (exact) mass is 468 g/mol. The number of thiazole rings is 1. The number of aryl methyl sites for hydroxylation is 1. The number of halogens is 2. The lowest BCUT2D eigenvalue weighted by Gasteiger charge is -2.09. The maximum absolute atomic E-state index is 13.3. The summed E-state index contributed by atoms with van der Waals surface area (Å²) in [6.07, 6.45) is 0.361. The number of methoxy groups -OCH3 is 1. The second-order valence-corrected chi connectivity index (χ2v) is 9.42. The minimum absolute atomic E-state index is 0.0152. The maximum atomic E-state index is 13.3. The molecule has 0 spiro atoms. The maximum Gasteiger partial charge on any atom is 0.338 e. The van der Waals surface area contributed by atoms with E-state index >= 15 is 0 Å². The number of rotatable bonds is 7. The fraction of sp³-hybridized carbons (Fsp3) is 0.200. The van der Waals surface area contributed by atoms with Gasteiger partial charge < -0.3 is 4.74 Å². The summed E-state index contributed by atoms with van der Waals surface area (Å²) in [5.41, 5.74) is 2.20. The fourth-order valence-electron chi connectivity index (χ4n) is 2.68. The molecule has 3 aromatic rings. The smallest absolute Gasteiger partial charge is 0.338 e. The van der Waals surface area contributed by atoms with E-state index in [0.717, 1.165) is 0 Å². The molecule has 0 radical (unpaired) electrons. The van der Waals surface area contributed by atoms with E-state index in [2.05, 4.69) is 14.4 Å². The number of hydrogen-bond acceptors (Lipinski definition) is 6. The van der Waals surface area contributed by atoms with Gasteiger partial charge in [-0.1, -0.05) is 17.7 Å². The SMILES string of the molecule is COC(=O)c1cc(S(=O)(=O)NCCc2csc(-c3ccc(F)c(Cl)c3)n2)ccc1C. The normalized spacial score (nSPS) is 11.5. The summed E-state index contributed by atoms with van der Waals surface area (Å²) in [6, 6.07) is 8.64. The van der Waals surface area contributed by atoms with Crippen LogP contribution < -0.4 is 4.72 Å². The molecule has 0 amide bonds. The van der Waals surface area contributed by atoms with Crippen molar-refractivity contribution in [3.63, 3.8) is 0 Å². The molecule has 1 aromatic heterocycles. The molecule has 158 valence electrons. The van der Waals surface area contributed by atoms with Gasteiger partial charge in [0.15, 0.2) is 0 Å². The number of nitrogens with zero attached hydrogens (tertiary/aromatic N) is 1. The molecule has 10 heteroatoms. The second kappa shape index (κ2) is 9.22. The molecule has 0 bridgehead atoms. The Morgan fingerprint density at radius 3 is 2.73 bits per heavy atom. The van der Waals surface area contributed by atoms with Crippen LogP contribution in [0.15, 0.2) is 46.7 Å². The Hall–Kier alpha value is -2.33. The van der Waals surface area contributed by atoms with Gasteiger partial charge in [0.1, 0.15) is 10.8 Å². The third-order valence-corrected chi connectivity index (χ3v) is 7.00. The molecule has 1 heterocycles. The summed E-state index contributed by atoms with van der Waals surface area (Å²) in [6.45, 7) is 1.82. The summed E-state index contributed by atoms with van der Waals surface area (Å²) >= 11 is 7.17. The van der Waals surface area contributed by atoms with Gasteiger partial charge in [0.25, 0.3) is 0 Å². The van der Waals surface area contributed by atoms with Crippen LogP contribution in [0.2, 0.25) is 5.02 Å². The van der Waals surface area contributed by atoms with Crippen molar-refractivity contribution in [2.75, 3.05) is 13.7 Å². The highest BCUT2D eigenvalue weighted by atomic mass is 35.5. The van der Waals surface area contributed by atoms with Crippen molar-refractivity contribution < 1.29 is 22.3 Å². The van der Waals surface area contributed by atoms with Gasteiger partial charge >= 0.3 is 5.97 Å². The van der Waals surface area contributed by atoms with E-state index < -0.39 is 21.8 Å². The molecule has 30 heavy (non-hydrogen) atoms. The molecular weight excluding hydrogens is 451 g/mol. The lowest BCUT2D eigenvalue weighted by Crippen LogP contribution is -2.26. The van der Waals surface area contributed by atoms with Crippen LogP contribution in [0.4, 0.5) is 4.39 Å². The highest BCUT2D eigenvalue weighted by molar-refractivity contribution is 7.89. The van der Waals surface area contributed by atoms with Crippen LogP contribution in [0.5, 0.6) is 0 Å². The third-order valence-electron chi connectivity index (χ3n) is 4.32. The first-order valence-electron chi connectivity index (χ1n) is 8.79. The molecule has 0 aliphatic carbocycles. The molecule has 0 aliphatic heterocycles. The van der Waals surface area contributed by atoms with Gasteiger partial charge in [0.2, 0.25) is 10.0 Å². The zero-order valence-corrected chi connectivity index (χ0v) is 18.5. The summed E-state index contributed by atoms with van der Waals surface area (Å²) in [4.78, 5) is 16.2. The first-order chi connectivity index (χ1) is 14.2. The van der Waals surface area contributed by atoms with E-state index in [1.165, 1.54) is 42.7 Å². The van der Waals surface area contributed by atoms with Crippen LogP contribution in [0, 0.1) is 12.7 Å². The number of ether oxygens (including phenoxy) is 1. The fourth-order valence-corrected chi connectivity index (χ4v) is 4.77. The van der Waals surface area contributed by atoms with Gasteiger partial charge in [0, 0.05) is 23.9 Å². The van der Waals surface area contributed by atoms with E-state index in [4.69, 9.17) is 11.6 Å². The molecule has 0 fully saturated rings. The molecule has 0 unspecified atom stereocenters. The molecule has 0 saturated heterocycles. The van der Waals surface area contributed by atoms with Crippen molar-refractivity contribution >= 4 is 38.9 Å². The summed E-state index contributed by atoms with van der Waals surface area (Å²) < 4.78 is 45.6. The van der Waals surface area contributed by atoms with Gasteiger partial charge in [-0.15, -0.1) is 11.3 Å². The third kappa shape index (κ3) is 5.04. The molecule has 3 rings (SSSR count). The molecule has 1 N–H and O–H groups in total. The van der Waals surface area contributed by atoms with E-state index in [0.29, 0.717) is 28.2 Å². The molecule has 0 saturated carbocycles. The van der Waals surface area contributed by atoms with Crippen molar-refractivity contribution in [2.24, 2.45) is 0 Å². The van der Waals surface area contributed by atoms with Crippen LogP contribution in [0.3, 0.4) is 0 Å². The number of esters is 1. The van der Waals surface area contributed by atoms with Crippen LogP contribution in [0.25, 0.3) is 10.6 Å². The quantitative estimate of drug-likeness (QED) is 0.525. The number of sulfonamides is 1. The van der Waals surface area contributed by atoms with Crippen molar-refractivity contribution in [3.05, 3.63) is 69.4 Å². The van der Waals surface area contributed by atoms with Crippen LogP contribution >= 0.6 is 22.9 Å². The first kappa shape index (κ1) is 22.4. The van der Waals surface area contributed by atoms with Gasteiger partial charge in [0.05, 0.1) is 28.3 Å². The van der Waals surface area contributed by atoms with E-state index in [-0.39, 0.29) is 22.0 Å². The Morgan fingerprint density at radius 1 is 1.27 bits per heavy atom. The predicted octanol–water partition coefficient (Wildman–Crippen LogP) is 4.22. The predicted molar refractivity (Wildman–Crippen MR) is 114 cm³/mol. The number of hydrogen-bond donors (Lipinski definition) is 1. The average Bonchev–Trinajstić information content (AvgIpc) is 3.18. The van der Waals surface area contributed by atoms with Gasteiger partial charge in [-0.3, -0.25) is 0 Å². The largest absolute Gasteiger partial charge is 0.465 e. The van der Waals surface area contributed by atoms with Crippen molar-refractivity contribution in [1.82, 2.24) is 9.71 Å². The number of nitrogens with one attached hydrogen (secondary N) is 1. The summed E-state index contributed by atoms with van der Waals surface area (Å²) in [5, 5.41) is 2.49. The minimum Gasteiger partial charge on any atom is -0.465 e. The highest BCUT2D eigenvalue weighted by Crippen LogP contribution is 2.27. The number of carbonyl (C=O) groups is 1. The van der Waals surface area contributed by atoms with Gasteiger partial charge in [-0.05, 0) is 42.8 Å². The van der Waals surface area contributed by atoms with Crippen molar-refractivity contribution in [3.8, 4) is 10.6 Å².